The van der Waals surface area contributed by atoms with Crippen molar-refractivity contribution in [1.82, 2.24) is 0 Å². The predicted octanol–water partition coefficient (Wildman–Crippen LogP) is 3.78. The molecule has 0 atom stereocenters. The fourth-order valence-corrected chi connectivity index (χ4v) is 1.18. The summed E-state index contributed by atoms with van der Waals surface area (Å²) in [4.78, 5) is 0. The van der Waals surface area contributed by atoms with Gasteiger partial charge in [-0.2, -0.15) is 0 Å². The van der Waals surface area contributed by atoms with E-state index in [0.717, 1.165) is 0 Å². The van der Waals surface area contributed by atoms with Crippen molar-refractivity contribution in [3.05, 3.63) is 0 Å². The number of rotatable bonds is 8. The summed E-state index contributed by atoms with van der Waals surface area (Å²) in [6, 6.07) is 0. The zero-order valence-electron chi connectivity index (χ0n) is 8.74. The summed E-state index contributed by atoms with van der Waals surface area (Å²) in [6.07, 6.45) is 0. The van der Waals surface area contributed by atoms with Crippen LogP contribution >= 0.6 is 69.6 Å². The summed E-state index contributed by atoms with van der Waals surface area (Å²) in [6.45, 7) is 1.45. The van der Waals surface area contributed by atoms with Gasteiger partial charge in [0.2, 0.25) is 7.59 Å². The zero-order valence-corrected chi connectivity index (χ0v) is 13.3. The van der Waals surface area contributed by atoms with Crippen molar-refractivity contribution in [2.24, 2.45) is 0 Å². The van der Waals surface area contributed by atoms with Crippen LogP contribution in [0.15, 0.2) is 0 Å². The average Bonchev–Trinajstić information content (AvgIpc) is 2.11. The fraction of sp³-hybridized carbons (Fsp3) is 1.00. The molecule has 0 saturated carbocycles. The lowest BCUT2D eigenvalue weighted by Gasteiger charge is -2.12. The number of hydrogen-bond donors (Lipinski definition) is 0. The van der Waals surface area contributed by atoms with Crippen LogP contribution in [0.5, 0.6) is 0 Å². The number of halogens is 6. The minimum absolute atomic E-state index is 0.0186. The standard InChI is InChI=1S/C8H12Cl6O3/c9-7(10,11)5-16-3-1-15-2-4-17-6-8(12,13)14/h1-6H2. The molecule has 104 valence electrons. The number of alkyl halides is 6. The molecule has 17 heavy (non-hydrogen) atoms. The molecule has 0 aromatic carbocycles. The molecular weight excluding hydrogens is 357 g/mol. The summed E-state index contributed by atoms with van der Waals surface area (Å²) in [7, 11) is 0. The van der Waals surface area contributed by atoms with Crippen LogP contribution < -0.4 is 0 Å². The largest absolute Gasteiger partial charge is 0.377 e. The summed E-state index contributed by atoms with van der Waals surface area (Å²) < 4.78 is 12.4. The van der Waals surface area contributed by atoms with Gasteiger partial charge in [0.05, 0.1) is 39.6 Å². The van der Waals surface area contributed by atoms with Gasteiger partial charge in [0, 0.05) is 0 Å². The van der Waals surface area contributed by atoms with Crippen molar-refractivity contribution < 1.29 is 14.2 Å². The van der Waals surface area contributed by atoms with Crippen molar-refractivity contribution in [2.75, 3.05) is 39.6 Å². The quantitative estimate of drug-likeness (QED) is 0.482. The van der Waals surface area contributed by atoms with Crippen molar-refractivity contribution in [1.29, 1.82) is 0 Å². The van der Waals surface area contributed by atoms with E-state index in [9.17, 15) is 0 Å². The molecule has 0 bridgehead atoms. The third kappa shape index (κ3) is 17.6. The molecule has 0 unspecified atom stereocenters. The second kappa shape index (κ2) is 9.51. The summed E-state index contributed by atoms with van der Waals surface area (Å²) >= 11 is 32.8. The highest BCUT2D eigenvalue weighted by molar-refractivity contribution is 6.68. The smallest absolute Gasteiger partial charge is 0.213 e. The minimum atomic E-state index is -1.40. The number of ether oxygens (including phenoxy) is 3. The van der Waals surface area contributed by atoms with E-state index in [1.807, 2.05) is 0 Å². The zero-order chi connectivity index (χ0) is 13.4. The van der Waals surface area contributed by atoms with Crippen molar-refractivity contribution in [2.45, 2.75) is 7.59 Å². The van der Waals surface area contributed by atoms with Gasteiger partial charge in [-0.05, 0) is 0 Å². The maximum Gasteiger partial charge on any atom is 0.213 e. The van der Waals surface area contributed by atoms with Crippen LogP contribution in [0.2, 0.25) is 0 Å². The Morgan fingerprint density at radius 1 is 0.529 bits per heavy atom. The predicted molar refractivity (Wildman–Crippen MR) is 73.0 cm³/mol. The molecule has 0 aromatic rings. The van der Waals surface area contributed by atoms with Crippen LogP contribution in [0.25, 0.3) is 0 Å². The molecule has 0 heterocycles. The Bertz CT molecular complexity index is 171. The first-order chi connectivity index (χ1) is 7.71. The molecule has 9 heteroatoms. The highest BCUT2D eigenvalue weighted by atomic mass is 35.6. The molecule has 0 amide bonds. The van der Waals surface area contributed by atoms with Gasteiger partial charge < -0.3 is 14.2 Å². The molecule has 0 aliphatic heterocycles. The maximum absolute atomic E-state index is 5.46. The van der Waals surface area contributed by atoms with Gasteiger partial charge in [-0.15, -0.1) is 0 Å². The molecule has 0 fully saturated rings. The van der Waals surface area contributed by atoms with E-state index in [1.165, 1.54) is 0 Å². The lowest BCUT2D eigenvalue weighted by Crippen LogP contribution is -2.18. The Hall–Kier alpha value is 1.62. The van der Waals surface area contributed by atoms with E-state index >= 15 is 0 Å². The fourth-order valence-electron chi connectivity index (χ4n) is 0.714. The van der Waals surface area contributed by atoms with E-state index < -0.39 is 7.59 Å². The number of hydrogen-bond acceptors (Lipinski definition) is 3. The van der Waals surface area contributed by atoms with E-state index in [4.69, 9.17) is 83.8 Å². The Balaban J connectivity index is 3.15. The third-order valence-electron chi connectivity index (χ3n) is 1.28. The van der Waals surface area contributed by atoms with Gasteiger partial charge >= 0.3 is 0 Å². The van der Waals surface area contributed by atoms with Crippen molar-refractivity contribution in [3.63, 3.8) is 0 Å². The monoisotopic (exact) mass is 366 g/mol. The molecule has 0 spiro atoms. The van der Waals surface area contributed by atoms with Crippen molar-refractivity contribution >= 4 is 69.6 Å². The second-order valence-corrected chi connectivity index (χ2v) is 7.98. The summed E-state index contributed by atoms with van der Waals surface area (Å²) in [5.41, 5.74) is 0. The molecular formula is C8H12Cl6O3. The van der Waals surface area contributed by atoms with E-state index in [1.54, 1.807) is 0 Å². The van der Waals surface area contributed by atoms with Crippen LogP contribution in [-0.2, 0) is 14.2 Å². The average molecular weight is 369 g/mol. The highest BCUT2D eigenvalue weighted by Gasteiger charge is 2.20. The maximum atomic E-state index is 5.46. The van der Waals surface area contributed by atoms with Crippen LogP contribution in [0.4, 0.5) is 0 Å². The first-order valence-corrected chi connectivity index (χ1v) is 6.84. The van der Waals surface area contributed by atoms with E-state index in [-0.39, 0.29) is 13.2 Å². The molecule has 0 saturated heterocycles. The van der Waals surface area contributed by atoms with Gasteiger partial charge in [-0.25, -0.2) is 0 Å². The van der Waals surface area contributed by atoms with Gasteiger partial charge in [0.25, 0.3) is 0 Å². The van der Waals surface area contributed by atoms with E-state index in [2.05, 4.69) is 0 Å². The molecule has 0 aromatic heterocycles. The van der Waals surface area contributed by atoms with Gasteiger partial charge in [0.15, 0.2) is 0 Å². The van der Waals surface area contributed by atoms with Crippen LogP contribution in [0.3, 0.4) is 0 Å². The van der Waals surface area contributed by atoms with Crippen LogP contribution in [0, 0.1) is 0 Å². The molecule has 0 aliphatic carbocycles. The molecule has 0 radical (unpaired) electrons. The second-order valence-electron chi connectivity index (χ2n) is 2.95. The normalized spacial score (nSPS) is 13.1. The Labute approximate surface area is 130 Å². The van der Waals surface area contributed by atoms with Gasteiger partial charge in [0.1, 0.15) is 0 Å². The highest BCUT2D eigenvalue weighted by Crippen LogP contribution is 2.26. The Morgan fingerprint density at radius 2 is 0.824 bits per heavy atom. The molecule has 3 nitrogen and oxygen atoms in total. The topological polar surface area (TPSA) is 27.7 Å². The lowest BCUT2D eigenvalue weighted by atomic mass is 10.7. The van der Waals surface area contributed by atoms with E-state index in [0.29, 0.717) is 26.4 Å². The third-order valence-corrected chi connectivity index (χ3v) is 1.93. The minimum Gasteiger partial charge on any atom is -0.377 e. The van der Waals surface area contributed by atoms with Crippen LogP contribution in [0.1, 0.15) is 0 Å². The SMILES string of the molecule is ClC(Cl)(Cl)COCCOCCOCC(Cl)(Cl)Cl. The Morgan fingerprint density at radius 3 is 1.12 bits per heavy atom. The summed E-state index contributed by atoms with van der Waals surface area (Å²) in [5, 5.41) is 0. The first-order valence-electron chi connectivity index (χ1n) is 4.57. The van der Waals surface area contributed by atoms with Crippen molar-refractivity contribution in [3.8, 4) is 0 Å². The molecule has 0 aliphatic rings. The molecule has 0 N–H and O–H groups in total. The Kier molecular flexibility index (Phi) is 10.4. The summed E-state index contributed by atoms with van der Waals surface area (Å²) in [5.74, 6) is 0. The van der Waals surface area contributed by atoms with Gasteiger partial charge in [-0.3, -0.25) is 0 Å². The van der Waals surface area contributed by atoms with Crippen LogP contribution in [-0.4, -0.2) is 47.2 Å². The molecule has 0 rings (SSSR count). The lowest BCUT2D eigenvalue weighted by molar-refractivity contribution is 0.0164. The van der Waals surface area contributed by atoms with Gasteiger partial charge in [-0.1, -0.05) is 69.6 Å². The first kappa shape index (κ1) is 18.6.